The second-order valence-electron chi connectivity index (χ2n) is 6.99. The van der Waals surface area contributed by atoms with Gasteiger partial charge in [-0.3, -0.25) is 14.5 Å². The molecule has 0 spiro atoms. The zero-order chi connectivity index (χ0) is 16.7. The molecule has 1 saturated carbocycles. The number of imide groups is 1. The van der Waals surface area contributed by atoms with Gasteiger partial charge >= 0.3 is 0 Å². The standard InChI is InChI=1S/C18H34N2O2/c1-5-7-13(3)17(21)20(18(22)14(4)8-6-2)16-11-9-15(19)10-12-16/h13-16H,5-12,19H2,1-4H3. The van der Waals surface area contributed by atoms with Gasteiger partial charge in [0.05, 0.1) is 0 Å². The highest BCUT2D eigenvalue weighted by atomic mass is 16.2. The highest BCUT2D eigenvalue weighted by Gasteiger charge is 2.35. The second kappa shape index (κ2) is 9.29. The fourth-order valence-corrected chi connectivity index (χ4v) is 3.42. The number of carbonyl (C=O) groups is 2. The molecule has 2 N–H and O–H groups in total. The first-order valence-corrected chi connectivity index (χ1v) is 9.04. The van der Waals surface area contributed by atoms with Gasteiger partial charge in [0, 0.05) is 23.9 Å². The van der Waals surface area contributed by atoms with E-state index < -0.39 is 0 Å². The molecule has 0 aromatic carbocycles. The smallest absolute Gasteiger partial charge is 0.232 e. The topological polar surface area (TPSA) is 63.4 Å². The van der Waals surface area contributed by atoms with Crippen LogP contribution in [0.1, 0.15) is 79.1 Å². The maximum atomic E-state index is 12.8. The van der Waals surface area contributed by atoms with Gasteiger partial charge in [-0.2, -0.15) is 0 Å². The van der Waals surface area contributed by atoms with E-state index in [4.69, 9.17) is 5.73 Å². The molecule has 1 aliphatic carbocycles. The lowest BCUT2D eigenvalue weighted by Gasteiger charge is -2.37. The summed E-state index contributed by atoms with van der Waals surface area (Å²) in [5.41, 5.74) is 5.98. The Morgan fingerprint density at radius 1 is 0.955 bits per heavy atom. The molecule has 1 rings (SSSR count). The lowest BCUT2D eigenvalue weighted by Crippen LogP contribution is -2.51. The van der Waals surface area contributed by atoms with Gasteiger partial charge in [0.1, 0.15) is 0 Å². The largest absolute Gasteiger partial charge is 0.328 e. The Balaban J connectivity index is 2.89. The Hall–Kier alpha value is -0.900. The fourth-order valence-electron chi connectivity index (χ4n) is 3.42. The molecule has 4 heteroatoms. The summed E-state index contributed by atoms with van der Waals surface area (Å²) in [5.74, 6) is -0.0951. The molecule has 22 heavy (non-hydrogen) atoms. The third kappa shape index (κ3) is 5.08. The summed E-state index contributed by atoms with van der Waals surface area (Å²) in [7, 11) is 0. The number of hydrogen-bond donors (Lipinski definition) is 1. The third-order valence-electron chi connectivity index (χ3n) is 4.87. The number of nitrogens with two attached hydrogens (primary N) is 1. The van der Waals surface area contributed by atoms with Crippen LogP contribution in [0.25, 0.3) is 0 Å². The van der Waals surface area contributed by atoms with Crippen LogP contribution in [0.5, 0.6) is 0 Å². The van der Waals surface area contributed by atoms with Crippen LogP contribution in [0.15, 0.2) is 0 Å². The van der Waals surface area contributed by atoms with Gasteiger partial charge in [-0.25, -0.2) is 0 Å². The van der Waals surface area contributed by atoms with E-state index in [1.807, 2.05) is 13.8 Å². The van der Waals surface area contributed by atoms with Crippen LogP contribution in [0.3, 0.4) is 0 Å². The minimum absolute atomic E-state index is 0.0234. The summed E-state index contributed by atoms with van der Waals surface area (Å²) in [6.07, 6.45) is 7.16. The number of nitrogens with zero attached hydrogens (tertiary/aromatic N) is 1. The van der Waals surface area contributed by atoms with E-state index in [-0.39, 0.29) is 35.7 Å². The van der Waals surface area contributed by atoms with Gasteiger partial charge in [-0.1, -0.05) is 40.5 Å². The Bertz CT molecular complexity index is 338. The van der Waals surface area contributed by atoms with Crippen molar-refractivity contribution >= 4 is 11.8 Å². The first-order valence-electron chi connectivity index (χ1n) is 9.04. The van der Waals surface area contributed by atoms with Crippen LogP contribution in [0.4, 0.5) is 0 Å². The SMILES string of the molecule is CCCC(C)C(=O)N(C(=O)C(C)CCC)C1CCC(N)CC1. The zero-order valence-electron chi connectivity index (χ0n) is 14.8. The molecular weight excluding hydrogens is 276 g/mol. The predicted octanol–water partition coefficient (Wildman–Crippen LogP) is 3.48. The summed E-state index contributed by atoms with van der Waals surface area (Å²) in [6, 6.07) is 0.280. The lowest BCUT2D eigenvalue weighted by atomic mass is 9.88. The highest BCUT2D eigenvalue weighted by molar-refractivity contribution is 5.97. The lowest BCUT2D eigenvalue weighted by molar-refractivity contribution is -0.153. The molecule has 0 bridgehead atoms. The normalized spacial score (nSPS) is 24.6. The maximum absolute atomic E-state index is 12.8. The molecular formula is C18H34N2O2. The monoisotopic (exact) mass is 310 g/mol. The quantitative estimate of drug-likeness (QED) is 0.783. The average molecular weight is 310 g/mol. The van der Waals surface area contributed by atoms with Crippen molar-refractivity contribution in [3.05, 3.63) is 0 Å². The number of hydrogen-bond acceptors (Lipinski definition) is 3. The van der Waals surface area contributed by atoms with Crippen LogP contribution in [0.2, 0.25) is 0 Å². The van der Waals surface area contributed by atoms with Crippen molar-refractivity contribution in [2.24, 2.45) is 17.6 Å². The molecule has 1 aliphatic rings. The first-order chi connectivity index (χ1) is 10.4. The Labute approximate surface area is 135 Å². The first kappa shape index (κ1) is 19.1. The van der Waals surface area contributed by atoms with Gasteiger partial charge in [0.15, 0.2) is 0 Å². The van der Waals surface area contributed by atoms with Crippen molar-refractivity contribution in [1.82, 2.24) is 4.90 Å². The number of amides is 2. The molecule has 0 heterocycles. The molecule has 1 fully saturated rings. The van der Waals surface area contributed by atoms with Gasteiger partial charge in [0.2, 0.25) is 11.8 Å². The number of carbonyl (C=O) groups excluding carboxylic acids is 2. The van der Waals surface area contributed by atoms with Gasteiger partial charge in [-0.15, -0.1) is 0 Å². The van der Waals surface area contributed by atoms with E-state index in [1.165, 1.54) is 0 Å². The van der Waals surface area contributed by atoms with Gasteiger partial charge in [-0.05, 0) is 38.5 Å². The van der Waals surface area contributed by atoms with Crippen molar-refractivity contribution in [2.75, 3.05) is 0 Å². The molecule has 128 valence electrons. The van der Waals surface area contributed by atoms with E-state index >= 15 is 0 Å². The molecule has 0 aromatic rings. The molecule has 0 radical (unpaired) electrons. The van der Waals surface area contributed by atoms with Crippen LogP contribution in [-0.4, -0.2) is 28.8 Å². The summed E-state index contributed by atoms with van der Waals surface area (Å²) in [4.78, 5) is 27.3. The number of rotatable bonds is 7. The predicted molar refractivity (Wildman–Crippen MR) is 90.2 cm³/mol. The fraction of sp³-hybridized carbons (Fsp3) is 0.889. The van der Waals surface area contributed by atoms with Gasteiger partial charge < -0.3 is 5.73 Å². The van der Waals surface area contributed by atoms with Crippen LogP contribution in [0, 0.1) is 11.8 Å². The Morgan fingerprint density at radius 2 is 1.36 bits per heavy atom. The van der Waals surface area contributed by atoms with E-state index in [0.29, 0.717) is 0 Å². The average Bonchev–Trinajstić information content (AvgIpc) is 2.49. The van der Waals surface area contributed by atoms with Gasteiger partial charge in [0.25, 0.3) is 0 Å². The molecule has 4 nitrogen and oxygen atoms in total. The van der Waals surface area contributed by atoms with E-state index in [1.54, 1.807) is 4.90 Å². The molecule has 2 unspecified atom stereocenters. The Kier molecular flexibility index (Phi) is 8.08. The van der Waals surface area contributed by atoms with Crippen LogP contribution < -0.4 is 5.73 Å². The Morgan fingerprint density at radius 3 is 1.73 bits per heavy atom. The second-order valence-corrected chi connectivity index (χ2v) is 6.99. The molecule has 2 amide bonds. The summed E-state index contributed by atoms with van der Waals surface area (Å²) >= 11 is 0. The van der Waals surface area contributed by atoms with Crippen molar-refractivity contribution in [3.8, 4) is 0 Å². The van der Waals surface area contributed by atoms with E-state index in [9.17, 15) is 9.59 Å². The zero-order valence-corrected chi connectivity index (χ0v) is 14.8. The van der Waals surface area contributed by atoms with Crippen molar-refractivity contribution in [3.63, 3.8) is 0 Å². The van der Waals surface area contributed by atoms with Crippen molar-refractivity contribution in [1.29, 1.82) is 0 Å². The summed E-state index contributed by atoms with van der Waals surface area (Å²) in [5, 5.41) is 0. The molecule has 2 atom stereocenters. The van der Waals surface area contributed by atoms with Crippen molar-refractivity contribution in [2.45, 2.75) is 91.1 Å². The van der Waals surface area contributed by atoms with E-state index in [0.717, 1.165) is 51.4 Å². The minimum atomic E-state index is -0.0709. The summed E-state index contributed by atoms with van der Waals surface area (Å²) < 4.78 is 0. The minimum Gasteiger partial charge on any atom is -0.328 e. The van der Waals surface area contributed by atoms with E-state index in [2.05, 4.69) is 13.8 Å². The molecule has 0 aliphatic heterocycles. The van der Waals surface area contributed by atoms with Crippen molar-refractivity contribution < 1.29 is 9.59 Å². The van der Waals surface area contributed by atoms with Crippen LogP contribution in [-0.2, 0) is 9.59 Å². The molecule has 0 saturated heterocycles. The molecule has 0 aromatic heterocycles. The third-order valence-corrected chi connectivity index (χ3v) is 4.87. The van der Waals surface area contributed by atoms with Crippen LogP contribution >= 0.6 is 0 Å². The summed E-state index contributed by atoms with van der Waals surface area (Å²) in [6.45, 7) is 8.06. The highest BCUT2D eigenvalue weighted by Crippen LogP contribution is 2.26. The maximum Gasteiger partial charge on any atom is 0.232 e.